The molecule has 3 rings (SSSR count). The minimum absolute atomic E-state index is 0.150. The standard InChI is InChI=1S/C16H17N3O5S/c20-19(21)15-5-1-2-6-16(15)25(22,23)18-11-3-4-14(12-18)24-13-7-9-17-10-8-13/h1-2,5-10,14H,3-4,11-12H2. The highest BCUT2D eigenvalue weighted by atomic mass is 32.2. The Hall–Kier alpha value is -2.52. The Morgan fingerprint density at radius 2 is 1.92 bits per heavy atom. The fourth-order valence-corrected chi connectivity index (χ4v) is 4.46. The fraction of sp³-hybridized carbons (Fsp3) is 0.312. The Balaban J connectivity index is 1.82. The number of pyridine rings is 1. The monoisotopic (exact) mass is 363 g/mol. The summed E-state index contributed by atoms with van der Waals surface area (Å²) < 4.78 is 32.8. The molecule has 1 aromatic carbocycles. The molecular weight excluding hydrogens is 346 g/mol. The molecule has 1 atom stereocenters. The normalized spacial score (nSPS) is 18.6. The molecule has 2 heterocycles. The van der Waals surface area contributed by atoms with Crippen molar-refractivity contribution in [3.8, 4) is 5.75 Å². The van der Waals surface area contributed by atoms with Gasteiger partial charge in [-0.1, -0.05) is 12.1 Å². The maximum Gasteiger partial charge on any atom is 0.289 e. The van der Waals surface area contributed by atoms with E-state index in [2.05, 4.69) is 4.98 Å². The summed E-state index contributed by atoms with van der Waals surface area (Å²) in [6, 6.07) is 8.80. The lowest BCUT2D eigenvalue weighted by Gasteiger charge is -2.32. The van der Waals surface area contributed by atoms with Gasteiger partial charge in [0.1, 0.15) is 11.9 Å². The van der Waals surface area contributed by atoms with Crippen LogP contribution in [0, 0.1) is 10.1 Å². The number of piperidine rings is 1. The summed E-state index contributed by atoms with van der Waals surface area (Å²) in [5.74, 6) is 0.616. The second kappa shape index (κ2) is 7.16. The van der Waals surface area contributed by atoms with Crippen LogP contribution in [-0.2, 0) is 10.0 Å². The van der Waals surface area contributed by atoms with Crippen LogP contribution in [0.2, 0.25) is 0 Å². The molecule has 1 aromatic heterocycles. The van der Waals surface area contributed by atoms with E-state index in [0.29, 0.717) is 25.1 Å². The van der Waals surface area contributed by atoms with Gasteiger partial charge in [-0.2, -0.15) is 4.31 Å². The maximum absolute atomic E-state index is 12.9. The first-order chi connectivity index (χ1) is 12.0. The molecule has 132 valence electrons. The first kappa shape index (κ1) is 17.3. The predicted molar refractivity (Wildman–Crippen MR) is 89.7 cm³/mol. The van der Waals surface area contributed by atoms with Gasteiger partial charge >= 0.3 is 0 Å². The van der Waals surface area contributed by atoms with E-state index in [1.54, 1.807) is 24.5 Å². The van der Waals surface area contributed by atoms with Gasteiger partial charge in [0.2, 0.25) is 10.0 Å². The highest BCUT2D eigenvalue weighted by Crippen LogP contribution is 2.29. The summed E-state index contributed by atoms with van der Waals surface area (Å²) in [6.07, 6.45) is 4.22. The zero-order valence-electron chi connectivity index (χ0n) is 13.3. The van der Waals surface area contributed by atoms with Gasteiger partial charge in [0.25, 0.3) is 5.69 Å². The van der Waals surface area contributed by atoms with Crippen molar-refractivity contribution in [3.05, 3.63) is 58.9 Å². The third kappa shape index (κ3) is 3.77. The van der Waals surface area contributed by atoms with E-state index in [1.165, 1.54) is 28.6 Å². The number of para-hydroxylation sites is 1. The lowest BCUT2D eigenvalue weighted by atomic mass is 10.1. The van der Waals surface area contributed by atoms with E-state index in [0.717, 1.165) is 0 Å². The Labute approximate surface area is 145 Å². The highest BCUT2D eigenvalue weighted by molar-refractivity contribution is 7.89. The Morgan fingerprint density at radius 1 is 1.20 bits per heavy atom. The van der Waals surface area contributed by atoms with Gasteiger partial charge in [-0.05, 0) is 31.0 Å². The van der Waals surface area contributed by atoms with Crippen molar-refractivity contribution in [1.82, 2.24) is 9.29 Å². The second-order valence-corrected chi connectivity index (χ2v) is 7.56. The van der Waals surface area contributed by atoms with Gasteiger partial charge in [0.05, 0.1) is 11.5 Å². The number of ether oxygens (including phenoxy) is 1. The predicted octanol–water partition coefficient (Wildman–Crippen LogP) is 2.22. The van der Waals surface area contributed by atoms with Crippen molar-refractivity contribution in [2.24, 2.45) is 0 Å². The number of nitro groups is 1. The molecule has 1 unspecified atom stereocenters. The first-order valence-electron chi connectivity index (χ1n) is 7.79. The van der Waals surface area contributed by atoms with Gasteiger partial charge in [-0.15, -0.1) is 0 Å². The number of hydrogen-bond donors (Lipinski definition) is 0. The molecule has 0 aliphatic carbocycles. The quantitative estimate of drug-likeness (QED) is 0.596. The van der Waals surface area contributed by atoms with Crippen molar-refractivity contribution < 1.29 is 18.1 Å². The van der Waals surface area contributed by atoms with Crippen LogP contribution >= 0.6 is 0 Å². The van der Waals surface area contributed by atoms with Gasteiger partial charge in [-0.3, -0.25) is 15.1 Å². The van der Waals surface area contributed by atoms with Crippen LogP contribution in [0.5, 0.6) is 5.75 Å². The molecular formula is C16H17N3O5S. The topological polar surface area (TPSA) is 103 Å². The van der Waals surface area contributed by atoms with Crippen LogP contribution in [0.4, 0.5) is 5.69 Å². The van der Waals surface area contributed by atoms with Crippen LogP contribution in [0.3, 0.4) is 0 Å². The first-order valence-corrected chi connectivity index (χ1v) is 9.23. The van der Waals surface area contributed by atoms with E-state index in [4.69, 9.17) is 4.74 Å². The molecule has 0 radical (unpaired) electrons. The SMILES string of the molecule is O=[N+]([O-])c1ccccc1S(=O)(=O)N1CCCC(Oc2ccncc2)C1. The molecule has 0 spiro atoms. The van der Waals surface area contributed by atoms with E-state index < -0.39 is 20.6 Å². The molecule has 0 saturated carbocycles. The number of hydrogen-bond acceptors (Lipinski definition) is 6. The molecule has 2 aromatic rings. The van der Waals surface area contributed by atoms with Crippen molar-refractivity contribution in [3.63, 3.8) is 0 Å². The molecule has 1 aliphatic heterocycles. The average Bonchev–Trinajstić information content (AvgIpc) is 2.63. The number of rotatable bonds is 5. The van der Waals surface area contributed by atoms with E-state index >= 15 is 0 Å². The fourth-order valence-electron chi connectivity index (χ4n) is 2.79. The smallest absolute Gasteiger partial charge is 0.289 e. The van der Waals surface area contributed by atoms with Gasteiger partial charge < -0.3 is 4.74 Å². The van der Waals surface area contributed by atoms with Crippen molar-refractivity contribution in [1.29, 1.82) is 0 Å². The van der Waals surface area contributed by atoms with Crippen LogP contribution in [0.1, 0.15) is 12.8 Å². The largest absolute Gasteiger partial charge is 0.489 e. The number of benzene rings is 1. The molecule has 0 amide bonds. The number of aromatic nitrogens is 1. The minimum atomic E-state index is -3.96. The van der Waals surface area contributed by atoms with Crippen molar-refractivity contribution >= 4 is 15.7 Å². The molecule has 1 saturated heterocycles. The number of nitrogens with zero attached hydrogens (tertiary/aromatic N) is 3. The summed E-state index contributed by atoms with van der Waals surface area (Å²) in [5, 5.41) is 11.1. The molecule has 8 nitrogen and oxygen atoms in total. The molecule has 0 bridgehead atoms. The van der Waals surface area contributed by atoms with Gasteiger partial charge in [0, 0.05) is 25.0 Å². The van der Waals surface area contributed by atoms with E-state index in [9.17, 15) is 18.5 Å². The number of nitro benzene ring substituents is 1. The zero-order chi connectivity index (χ0) is 17.9. The Kier molecular flexibility index (Phi) is 4.95. The molecule has 0 N–H and O–H groups in total. The summed E-state index contributed by atoms with van der Waals surface area (Å²) in [6.45, 7) is 0.460. The Bertz CT molecular complexity index is 857. The lowest BCUT2D eigenvalue weighted by molar-refractivity contribution is -0.387. The minimum Gasteiger partial charge on any atom is -0.489 e. The Morgan fingerprint density at radius 3 is 2.64 bits per heavy atom. The zero-order valence-corrected chi connectivity index (χ0v) is 14.1. The third-order valence-corrected chi connectivity index (χ3v) is 5.89. The highest BCUT2D eigenvalue weighted by Gasteiger charge is 2.35. The number of sulfonamides is 1. The maximum atomic E-state index is 12.9. The van der Waals surface area contributed by atoms with Crippen molar-refractivity contribution in [2.75, 3.05) is 13.1 Å². The van der Waals surface area contributed by atoms with Crippen LogP contribution in [-0.4, -0.2) is 41.8 Å². The van der Waals surface area contributed by atoms with Crippen molar-refractivity contribution in [2.45, 2.75) is 23.8 Å². The van der Waals surface area contributed by atoms with Crippen LogP contribution in [0.25, 0.3) is 0 Å². The van der Waals surface area contributed by atoms with Gasteiger partial charge in [-0.25, -0.2) is 8.42 Å². The summed E-state index contributed by atoms with van der Waals surface area (Å²) >= 11 is 0. The van der Waals surface area contributed by atoms with Crippen LogP contribution < -0.4 is 4.74 Å². The summed E-state index contributed by atoms with van der Waals surface area (Å²) in [4.78, 5) is 14.1. The summed E-state index contributed by atoms with van der Waals surface area (Å²) in [7, 11) is -3.96. The molecule has 1 aliphatic rings. The van der Waals surface area contributed by atoms with E-state index in [1.807, 2.05) is 0 Å². The summed E-state index contributed by atoms with van der Waals surface area (Å²) in [5.41, 5.74) is -0.417. The second-order valence-electron chi connectivity index (χ2n) is 5.65. The van der Waals surface area contributed by atoms with Crippen LogP contribution in [0.15, 0.2) is 53.7 Å². The van der Waals surface area contributed by atoms with Gasteiger partial charge in [0.15, 0.2) is 4.90 Å². The lowest BCUT2D eigenvalue weighted by Crippen LogP contribution is -2.44. The average molecular weight is 363 g/mol. The molecule has 9 heteroatoms. The molecule has 25 heavy (non-hydrogen) atoms. The third-order valence-electron chi connectivity index (χ3n) is 3.97. The van der Waals surface area contributed by atoms with E-state index in [-0.39, 0.29) is 17.5 Å². The molecule has 1 fully saturated rings.